The van der Waals surface area contributed by atoms with Gasteiger partial charge in [0.1, 0.15) is 0 Å². The Kier molecular flexibility index (Phi) is 6.25. The van der Waals surface area contributed by atoms with Gasteiger partial charge in [-0.25, -0.2) is 0 Å². The second-order valence-electron chi connectivity index (χ2n) is 2.18. The van der Waals surface area contributed by atoms with Gasteiger partial charge in [0.2, 0.25) is 0 Å². The molecular weight excluding hydrogens is 126 g/mol. The van der Waals surface area contributed by atoms with Gasteiger partial charge >= 0.3 is 0 Å². The smallest absolute Gasteiger partial charge is 0.0477 e. The number of methoxy groups -OCH3 is 1. The topological polar surface area (TPSA) is 21.3 Å². The van der Waals surface area contributed by atoms with Crippen molar-refractivity contribution in [2.75, 3.05) is 20.8 Å². The minimum atomic E-state index is 0.407. The van der Waals surface area contributed by atoms with Gasteiger partial charge in [-0.2, -0.15) is 0 Å². The van der Waals surface area contributed by atoms with Crippen LogP contribution in [-0.4, -0.2) is 26.8 Å². The van der Waals surface area contributed by atoms with Crippen molar-refractivity contribution in [3.8, 4) is 12.3 Å². The second kappa shape index (κ2) is 6.60. The largest absolute Gasteiger partial charge is 0.385 e. The van der Waals surface area contributed by atoms with Crippen LogP contribution in [0.1, 0.15) is 12.8 Å². The molecule has 0 spiro atoms. The van der Waals surface area contributed by atoms with Gasteiger partial charge in [0.25, 0.3) is 0 Å². The van der Waals surface area contributed by atoms with Gasteiger partial charge in [-0.05, 0) is 13.5 Å². The first-order valence-electron chi connectivity index (χ1n) is 3.44. The summed E-state index contributed by atoms with van der Waals surface area (Å²) in [6.07, 6.45) is 6.91. The van der Waals surface area contributed by atoms with Gasteiger partial charge in [0, 0.05) is 26.2 Å². The quantitative estimate of drug-likeness (QED) is 0.567. The van der Waals surface area contributed by atoms with E-state index in [1.165, 1.54) is 0 Å². The first-order chi connectivity index (χ1) is 4.85. The molecule has 0 amide bonds. The molecule has 0 aliphatic heterocycles. The van der Waals surface area contributed by atoms with E-state index in [-0.39, 0.29) is 0 Å². The minimum Gasteiger partial charge on any atom is -0.385 e. The Morgan fingerprint density at radius 2 is 2.40 bits per heavy atom. The molecule has 0 saturated heterocycles. The maximum Gasteiger partial charge on any atom is 0.0477 e. The molecule has 0 radical (unpaired) electrons. The molecule has 2 nitrogen and oxygen atoms in total. The standard InChI is InChI=1S/C8H15NO/c1-4-5-8(9-2)6-7-10-3/h1,8-9H,5-7H2,2-3H3. The van der Waals surface area contributed by atoms with E-state index in [0.29, 0.717) is 6.04 Å². The number of hydrogen-bond donors (Lipinski definition) is 1. The van der Waals surface area contributed by atoms with Crippen LogP contribution in [0, 0.1) is 12.3 Å². The fraction of sp³-hybridized carbons (Fsp3) is 0.750. The number of nitrogens with one attached hydrogen (secondary N) is 1. The lowest BCUT2D eigenvalue weighted by atomic mass is 10.1. The third-order valence-corrected chi connectivity index (χ3v) is 1.44. The second-order valence-corrected chi connectivity index (χ2v) is 2.18. The third-order valence-electron chi connectivity index (χ3n) is 1.44. The molecule has 0 aromatic rings. The van der Waals surface area contributed by atoms with E-state index in [4.69, 9.17) is 11.2 Å². The zero-order valence-corrected chi connectivity index (χ0v) is 6.68. The molecule has 2 heteroatoms. The average Bonchev–Trinajstić information content (AvgIpc) is 1.98. The summed E-state index contributed by atoms with van der Waals surface area (Å²) in [5, 5.41) is 3.12. The minimum absolute atomic E-state index is 0.407. The summed E-state index contributed by atoms with van der Waals surface area (Å²) < 4.78 is 4.91. The van der Waals surface area contributed by atoms with Gasteiger partial charge in [-0.15, -0.1) is 12.3 Å². The lowest BCUT2D eigenvalue weighted by Gasteiger charge is -2.11. The summed E-state index contributed by atoms with van der Waals surface area (Å²) in [6, 6.07) is 0.407. The highest BCUT2D eigenvalue weighted by molar-refractivity contribution is 4.89. The van der Waals surface area contributed by atoms with E-state index >= 15 is 0 Å². The zero-order valence-electron chi connectivity index (χ0n) is 6.68. The van der Waals surface area contributed by atoms with E-state index in [9.17, 15) is 0 Å². The molecular formula is C8H15NO. The van der Waals surface area contributed by atoms with Gasteiger partial charge < -0.3 is 10.1 Å². The summed E-state index contributed by atoms with van der Waals surface area (Å²) in [7, 11) is 3.61. The molecule has 0 aromatic heterocycles. The van der Waals surface area contributed by atoms with Crippen LogP contribution >= 0.6 is 0 Å². The molecule has 0 saturated carbocycles. The lowest BCUT2D eigenvalue weighted by Crippen LogP contribution is -2.25. The molecule has 1 N–H and O–H groups in total. The van der Waals surface area contributed by atoms with Crippen molar-refractivity contribution >= 4 is 0 Å². The van der Waals surface area contributed by atoms with Crippen LogP contribution in [0.4, 0.5) is 0 Å². The molecule has 58 valence electrons. The van der Waals surface area contributed by atoms with Crippen LogP contribution < -0.4 is 5.32 Å². The van der Waals surface area contributed by atoms with E-state index in [2.05, 4.69) is 11.2 Å². The highest BCUT2D eigenvalue weighted by Gasteiger charge is 2.01. The monoisotopic (exact) mass is 141 g/mol. The van der Waals surface area contributed by atoms with Crippen LogP contribution in [0.15, 0.2) is 0 Å². The van der Waals surface area contributed by atoms with Crippen LogP contribution in [0.25, 0.3) is 0 Å². The number of terminal acetylenes is 1. The van der Waals surface area contributed by atoms with Crippen LogP contribution in [0.2, 0.25) is 0 Å². The summed E-state index contributed by atoms with van der Waals surface area (Å²) in [5.41, 5.74) is 0. The van der Waals surface area contributed by atoms with Crippen molar-refractivity contribution in [2.24, 2.45) is 0 Å². The molecule has 0 heterocycles. The maximum absolute atomic E-state index is 5.15. The van der Waals surface area contributed by atoms with Crippen LogP contribution in [0.5, 0.6) is 0 Å². The SMILES string of the molecule is C#CCC(CCOC)NC. The molecule has 0 fully saturated rings. The predicted octanol–water partition coefficient (Wildman–Crippen LogP) is 0.634. The molecule has 0 aliphatic carbocycles. The number of rotatable bonds is 5. The highest BCUT2D eigenvalue weighted by Crippen LogP contribution is 1.95. The molecule has 0 bridgehead atoms. The normalized spacial score (nSPS) is 12.5. The van der Waals surface area contributed by atoms with Crippen molar-refractivity contribution < 1.29 is 4.74 Å². The van der Waals surface area contributed by atoms with Crippen molar-refractivity contribution in [2.45, 2.75) is 18.9 Å². The summed E-state index contributed by atoms with van der Waals surface area (Å²) >= 11 is 0. The first-order valence-corrected chi connectivity index (χ1v) is 3.44. The van der Waals surface area contributed by atoms with Crippen molar-refractivity contribution in [1.29, 1.82) is 0 Å². The third kappa shape index (κ3) is 4.37. The Morgan fingerprint density at radius 3 is 2.80 bits per heavy atom. The average molecular weight is 141 g/mol. The Labute approximate surface area is 63.0 Å². The van der Waals surface area contributed by atoms with Crippen molar-refractivity contribution in [1.82, 2.24) is 5.32 Å². The molecule has 1 atom stereocenters. The van der Waals surface area contributed by atoms with Crippen LogP contribution in [-0.2, 0) is 4.74 Å². The van der Waals surface area contributed by atoms with E-state index in [1.54, 1.807) is 7.11 Å². The summed E-state index contributed by atoms with van der Waals surface area (Å²) in [5.74, 6) is 2.61. The van der Waals surface area contributed by atoms with E-state index in [0.717, 1.165) is 19.4 Å². The molecule has 0 rings (SSSR count). The Bertz CT molecular complexity index is 106. The number of hydrogen-bond acceptors (Lipinski definition) is 2. The Hall–Kier alpha value is -0.520. The molecule has 0 aliphatic rings. The molecule has 10 heavy (non-hydrogen) atoms. The summed E-state index contributed by atoms with van der Waals surface area (Å²) in [4.78, 5) is 0. The Balaban J connectivity index is 3.32. The zero-order chi connectivity index (χ0) is 7.82. The van der Waals surface area contributed by atoms with Crippen LogP contribution in [0.3, 0.4) is 0 Å². The van der Waals surface area contributed by atoms with Gasteiger partial charge in [0.05, 0.1) is 0 Å². The molecule has 0 aromatic carbocycles. The van der Waals surface area contributed by atoms with Crippen molar-refractivity contribution in [3.63, 3.8) is 0 Å². The van der Waals surface area contributed by atoms with Crippen molar-refractivity contribution in [3.05, 3.63) is 0 Å². The first kappa shape index (κ1) is 9.48. The maximum atomic E-state index is 5.15. The van der Waals surface area contributed by atoms with E-state index in [1.807, 2.05) is 7.05 Å². The lowest BCUT2D eigenvalue weighted by molar-refractivity contribution is 0.184. The fourth-order valence-corrected chi connectivity index (χ4v) is 0.751. The fourth-order valence-electron chi connectivity index (χ4n) is 0.751. The summed E-state index contributed by atoms with van der Waals surface area (Å²) in [6.45, 7) is 0.771. The van der Waals surface area contributed by atoms with E-state index < -0.39 is 0 Å². The van der Waals surface area contributed by atoms with Gasteiger partial charge in [-0.3, -0.25) is 0 Å². The molecule has 1 unspecified atom stereocenters. The Morgan fingerprint density at radius 1 is 1.70 bits per heavy atom. The predicted molar refractivity (Wildman–Crippen MR) is 42.8 cm³/mol. The highest BCUT2D eigenvalue weighted by atomic mass is 16.5. The number of ether oxygens (including phenoxy) is 1. The van der Waals surface area contributed by atoms with Gasteiger partial charge in [-0.1, -0.05) is 0 Å². The van der Waals surface area contributed by atoms with Gasteiger partial charge in [0.15, 0.2) is 0 Å².